The van der Waals surface area contributed by atoms with E-state index in [0.29, 0.717) is 17.5 Å². The molecule has 0 heterocycles. The number of carbonyl (C=O) groups is 2. The van der Waals surface area contributed by atoms with Crippen LogP contribution < -0.4 is 0 Å². The quantitative estimate of drug-likeness (QED) is 0.153. The number of carbonyl (C=O) groups excluding carboxylic acids is 2. The van der Waals surface area contributed by atoms with Crippen molar-refractivity contribution in [2.24, 2.45) is 5.92 Å². The molecule has 0 spiro atoms. The highest BCUT2D eigenvalue weighted by Gasteiger charge is 2.24. The molecule has 1 atom stereocenters. The second kappa shape index (κ2) is 13.3. The normalized spacial score (nSPS) is 11.7. The third-order valence-corrected chi connectivity index (χ3v) is 5.88. The summed E-state index contributed by atoms with van der Waals surface area (Å²) in [6.07, 6.45) is 0.619. The van der Waals surface area contributed by atoms with Crippen LogP contribution in [0.4, 0.5) is 0 Å². The van der Waals surface area contributed by atoms with Gasteiger partial charge in [0.2, 0.25) is 0 Å². The number of rotatable bonds is 11. The summed E-state index contributed by atoms with van der Waals surface area (Å²) in [5.74, 6) is -1.40. The van der Waals surface area contributed by atoms with Gasteiger partial charge < -0.3 is 0 Å². The van der Waals surface area contributed by atoms with Gasteiger partial charge in [0, 0.05) is 6.42 Å². The highest BCUT2D eigenvalue weighted by molar-refractivity contribution is 5.90. The highest BCUT2D eigenvalue weighted by Crippen LogP contribution is 2.24. The van der Waals surface area contributed by atoms with Crippen molar-refractivity contribution in [2.75, 3.05) is 0 Å². The Morgan fingerprint density at radius 3 is 1.32 bits per heavy atom. The topological polar surface area (TPSA) is 71.1 Å². The molecule has 0 saturated heterocycles. The summed E-state index contributed by atoms with van der Waals surface area (Å²) >= 11 is 0. The van der Waals surface area contributed by atoms with Crippen molar-refractivity contribution in [1.82, 2.24) is 0 Å². The molecule has 4 aromatic carbocycles. The summed E-state index contributed by atoms with van der Waals surface area (Å²) in [5, 5.41) is 0. The molecular weight excluding hydrogens is 480 g/mol. The van der Waals surface area contributed by atoms with E-state index in [9.17, 15) is 9.59 Å². The fourth-order valence-electron chi connectivity index (χ4n) is 3.59. The lowest BCUT2D eigenvalue weighted by Crippen LogP contribution is -2.18. The van der Waals surface area contributed by atoms with Crippen LogP contribution in [0.25, 0.3) is 22.3 Å². The van der Waals surface area contributed by atoms with E-state index in [1.165, 1.54) is 0 Å². The van der Waals surface area contributed by atoms with Gasteiger partial charge >= 0.3 is 18.2 Å². The number of hydrogen-bond acceptors (Lipinski definition) is 6. The van der Waals surface area contributed by atoms with Crippen LogP contribution in [0.2, 0.25) is 0 Å². The second-order valence-corrected chi connectivity index (χ2v) is 8.76. The maximum absolute atomic E-state index is 12.5. The largest absolute Gasteiger partial charge is 0.373 e. The third-order valence-electron chi connectivity index (χ3n) is 5.88. The van der Waals surface area contributed by atoms with E-state index in [0.717, 1.165) is 22.3 Å². The lowest BCUT2D eigenvalue weighted by Gasteiger charge is -2.16. The lowest BCUT2D eigenvalue weighted by molar-refractivity contribution is -0.365. The lowest BCUT2D eigenvalue weighted by atomic mass is 10.0. The smallest absolute Gasteiger partial charge is 0.289 e. The van der Waals surface area contributed by atoms with Gasteiger partial charge in [-0.25, -0.2) is 9.59 Å². The fourth-order valence-corrected chi connectivity index (χ4v) is 3.59. The van der Waals surface area contributed by atoms with Gasteiger partial charge in [0.1, 0.15) is 0 Å². The Kier molecular flexibility index (Phi) is 9.40. The first-order chi connectivity index (χ1) is 18.5. The Morgan fingerprint density at radius 2 is 0.947 bits per heavy atom. The van der Waals surface area contributed by atoms with Crippen LogP contribution in [0, 0.1) is 19.1 Å². The summed E-state index contributed by atoms with van der Waals surface area (Å²) in [6, 6.07) is 33.5. The average Bonchev–Trinajstić information content (AvgIpc) is 2.99. The standard InChI is InChI=1S/C32H28O6/c1-3-23(2)22-30(35-37-31(33)28-18-14-26(15-19-28)24-10-6-4-7-11-24)36-38-32(34)29-20-16-27(17-21-29)25-12-8-5-9-13-25/h4-21,23H,1,3,22H2,2H3. The van der Waals surface area contributed by atoms with Gasteiger partial charge in [-0.15, -0.1) is 9.78 Å². The van der Waals surface area contributed by atoms with E-state index in [-0.39, 0.29) is 18.6 Å². The van der Waals surface area contributed by atoms with E-state index in [1.54, 1.807) is 24.3 Å². The zero-order valence-corrected chi connectivity index (χ0v) is 21.0. The van der Waals surface area contributed by atoms with Crippen LogP contribution in [-0.4, -0.2) is 11.9 Å². The maximum Gasteiger partial charge on any atom is 0.373 e. The number of hydrogen-bond donors (Lipinski definition) is 0. The Labute approximate surface area is 222 Å². The first kappa shape index (κ1) is 26.8. The first-order valence-corrected chi connectivity index (χ1v) is 12.3. The molecule has 2 radical (unpaired) electrons. The first-order valence-electron chi connectivity index (χ1n) is 12.3. The Hall–Kier alpha value is -4.26. The van der Waals surface area contributed by atoms with E-state index in [4.69, 9.17) is 19.6 Å². The van der Waals surface area contributed by atoms with E-state index < -0.39 is 11.9 Å². The van der Waals surface area contributed by atoms with Crippen molar-refractivity contribution in [1.29, 1.82) is 0 Å². The predicted molar refractivity (Wildman–Crippen MR) is 144 cm³/mol. The molecule has 4 rings (SSSR count). The van der Waals surface area contributed by atoms with Crippen LogP contribution in [0.3, 0.4) is 0 Å². The Balaban J connectivity index is 1.33. The molecule has 1 unspecified atom stereocenters. The molecule has 0 fully saturated rings. The van der Waals surface area contributed by atoms with Crippen LogP contribution in [0.15, 0.2) is 109 Å². The molecule has 38 heavy (non-hydrogen) atoms. The molecule has 0 saturated carbocycles. The molecule has 0 aromatic heterocycles. The van der Waals surface area contributed by atoms with Gasteiger partial charge in [-0.1, -0.05) is 105 Å². The van der Waals surface area contributed by atoms with E-state index >= 15 is 0 Å². The van der Waals surface area contributed by atoms with Crippen molar-refractivity contribution < 1.29 is 29.1 Å². The summed E-state index contributed by atoms with van der Waals surface area (Å²) in [4.78, 5) is 45.3. The van der Waals surface area contributed by atoms with E-state index in [1.807, 2.05) is 91.9 Å². The zero-order chi connectivity index (χ0) is 26.7. The molecule has 192 valence electrons. The molecule has 0 N–H and O–H groups in total. The minimum atomic E-state index is -0.712. The molecule has 6 nitrogen and oxygen atoms in total. The summed E-state index contributed by atoms with van der Waals surface area (Å²) in [7, 11) is 0. The summed E-state index contributed by atoms with van der Waals surface area (Å²) in [5.41, 5.74) is 4.59. The van der Waals surface area contributed by atoms with Crippen molar-refractivity contribution in [3.8, 4) is 22.3 Å². The van der Waals surface area contributed by atoms with Gasteiger partial charge in [0.15, 0.2) is 0 Å². The van der Waals surface area contributed by atoms with Crippen molar-refractivity contribution in [3.05, 3.63) is 134 Å². The number of benzene rings is 4. The van der Waals surface area contributed by atoms with Gasteiger partial charge in [-0.05, 0) is 52.4 Å². The monoisotopic (exact) mass is 508 g/mol. The van der Waals surface area contributed by atoms with Crippen molar-refractivity contribution in [2.45, 2.75) is 19.8 Å². The summed E-state index contributed by atoms with van der Waals surface area (Å²) in [6.45, 7) is 5.76. The molecule has 6 heteroatoms. The molecule has 0 amide bonds. The van der Waals surface area contributed by atoms with Crippen molar-refractivity contribution in [3.63, 3.8) is 0 Å². The minimum Gasteiger partial charge on any atom is -0.289 e. The Bertz CT molecular complexity index is 1200. The van der Waals surface area contributed by atoms with Crippen LogP contribution in [-0.2, 0) is 19.6 Å². The zero-order valence-electron chi connectivity index (χ0n) is 21.0. The van der Waals surface area contributed by atoms with Crippen molar-refractivity contribution >= 4 is 11.9 Å². The molecule has 0 bridgehead atoms. The molecule has 0 aliphatic carbocycles. The highest BCUT2D eigenvalue weighted by atomic mass is 17.3. The van der Waals surface area contributed by atoms with Crippen LogP contribution in [0.1, 0.15) is 40.5 Å². The fraction of sp³-hybridized carbons (Fsp3) is 0.125. The predicted octanol–water partition coefficient (Wildman–Crippen LogP) is 7.64. The van der Waals surface area contributed by atoms with Gasteiger partial charge in [0.25, 0.3) is 0 Å². The maximum atomic E-state index is 12.5. The minimum absolute atomic E-state index is 0.0257. The van der Waals surface area contributed by atoms with Gasteiger partial charge in [-0.2, -0.15) is 0 Å². The molecule has 4 aromatic rings. The average molecular weight is 509 g/mol. The Morgan fingerprint density at radius 1 is 0.579 bits per heavy atom. The van der Waals surface area contributed by atoms with Gasteiger partial charge in [0.05, 0.1) is 11.1 Å². The molecule has 0 aliphatic rings. The van der Waals surface area contributed by atoms with Crippen LogP contribution >= 0.6 is 0 Å². The van der Waals surface area contributed by atoms with Gasteiger partial charge in [-0.3, -0.25) is 9.78 Å². The summed E-state index contributed by atoms with van der Waals surface area (Å²) < 4.78 is 0. The van der Waals surface area contributed by atoms with E-state index in [2.05, 4.69) is 6.92 Å². The second-order valence-electron chi connectivity index (χ2n) is 8.76. The molecular formula is C32H28O6. The SMILES string of the molecule is [CH2]CC(C)C[C](OOC(=O)c1ccc(-c2ccccc2)cc1)OOC(=O)c1ccc(-c2ccccc2)cc1. The third kappa shape index (κ3) is 7.38. The molecule has 0 aliphatic heterocycles. The van der Waals surface area contributed by atoms with Crippen LogP contribution in [0.5, 0.6) is 0 Å².